The second kappa shape index (κ2) is 9.05. The summed E-state index contributed by atoms with van der Waals surface area (Å²) >= 11 is 0. The summed E-state index contributed by atoms with van der Waals surface area (Å²) in [6.45, 7) is 6.93. The molecule has 1 aromatic heterocycles. The molecular weight excluding hydrogens is 318 g/mol. The zero-order chi connectivity index (χ0) is 17.5. The topological polar surface area (TPSA) is 47.1 Å². The molecule has 0 saturated carbocycles. The van der Waals surface area contributed by atoms with E-state index in [1.165, 1.54) is 5.56 Å². The monoisotopic (exact) mass is 349 g/mol. The lowest BCUT2D eigenvalue weighted by atomic mass is 10.00. The van der Waals surface area contributed by atoms with Crippen molar-refractivity contribution in [3.05, 3.63) is 30.1 Å². The SMILES string of the molecule is COCCN1CCOCC2(CCC(CN(C)Cc3cccnc3)O2)C1. The summed E-state index contributed by atoms with van der Waals surface area (Å²) < 4.78 is 17.6. The second-order valence-electron chi connectivity index (χ2n) is 7.34. The smallest absolute Gasteiger partial charge is 0.105 e. The standard InChI is InChI=1S/C19H31N3O3/c1-21(13-17-4-3-7-20-12-17)14-18-5-6-19(25-18)15-22(8-10-23-2)9-11-24-16-19/h3-4,7,12,18H,5-6,8-11,13-16H2,1-2H3. The van der Waals surface area contributed by atoms with Crippen LogP contribution in [0.5, 0.6) is 0 Å². The van der Waals surface area contributed by atoms with Crippen LogP contribution in [0.2, 0.25) is 0 Å². The van der Waals surface area contributed by atoms with Crippen LogP contribution in [0.25, 0.3) is 0 Å². The van der Waals surface area contributed by atoms with Gasteiger partial charge < -0.3 is 14.2 Å². The largest absolute Gasteiger partial charge is 0.383 e. The third-order valence-electron chi connectivity index (χ3n) is 5.07. The minimum absolute atomic E-state index is 0.149. The number of aromatic nitrogens is 1. The normalized spacial score (nSPS) is 27.9. The Balaban J connectivity index is 1.51. The van der Waals surface area contributed by atoms with Crippen molar-refractivity contribution in [1.82, 2.24) is 14.8 Å². The summed E-state index contributed by atoms with van der Waals surface area (Å²) in [4.78, 5) is 8.93. The van der Waals surface area contributed by atoms with E-state index < -0.39 is 0 Å². The molecule has 0 amide bonds. The van der Waals surface area contributed by atoms with Crippen molar-refractivity contribution in [1.29, 1.82) is 0 Å². The molecule has 2 saturated heterocycles. The lowest BCUT2D eigenvalue weighted by Gasteiger charge is -2.32. The van der Waals surface area contributed by atoms with E-state index in [0.29, 0.717) is 6.61 Å². The minimum Gasteiger partial charge on any atom is -0.383 e. The van der Waals surface area contributed by atoms with E-state index in [2.05, 4.69) is 27.9 Å². The Morgan fingerprint density at radius 1 is 1.48 bits per heavy atom. The molecule has 0 N–H and O–H groups in total. The maximum Gasteiger partial charge on any atom is 0.105 e. The van der Waals surface area contributed by atoms with Crippen LogP contribution in [0.3, 0.4) is 0 Å². The number of likely N-dealkylation sites (N-methyl/N-ethyl adjacent to an activating group) is 1. The van der Waals surface area contributed by atoms with Gasteiger partial charge in [-0.05, 0) is 31.5 Å². The van der Waals surface area contributed by atoms with E-state index in [1.807, 2.05) is 18.5 Å². The third-order valence-corrected chi connectivity index (χ3v) is 5.07. The van der Waals surface area contributed by atoms with Crippen LogP contribution in [-0.4, -0.2) is 86.6 Å². The van der Waals surface area contributed by atoms with Crippen molar-refractivity contribution < 1.29 is 14.2 Å². The van der Waals surface area contributed by atoms with E-state index in [-0.39, 0.29) is 11.7 Å². The summed E-state index contributed by atoms with van der Waals surface area (Å²) in [6, 6.07) is 4.11. The molecule has 140 valence electrons. The summed E-state index contributed by atoms with van der Waals surface area (Å²) in [5.74, 6) is 0. The summed E-state index contributed by atoms with van der Waals surface area (Å²) in [5.41, 5.74) is 1.09. The Labute approximate surface area is 151 Å². The molecule has 2 fully saturated rings. The molecule has 2 aliphatic heterocycles. The van der Waals surface area contributed by atoms with Gasteiger partial charge in [-0.15, -0.1) is 0 Å². The van der Waals surface area contributed by atoms with Crippen molar-refractivity contribution >= 4 is 0 Å². The van der Waals surface area contributed by atoms with Crippen molar-refractivity contribution in [3.8, 4) is 0 Å². The van der Waals surface area contributed by atoms with Crippen molar-refractivity contribution in [3.63, 3.8) is 0 Å². The van der Waals surface area contributed by atoms with Crippen molar-refractivity contribution in [2.24, 2.45) is 0 Å². The number of nitrogens with zero attached hydrogens (tertiary/aromatic N) is 3. The highest BCUT2D eigenvalue weighted by atomic mass is 16.6. The van der Waals surface area contributed by atoms with Crippen molar-refractivity contribution in [2.45, 2.75) is 31.1 Å². The lowest BCUT2D eigenvalue weighted by Crippen LogP contribution is -2.46. The van der Waals surface area contributed by atoms with Gasteiger partial charge in [-0.2, -0.15) is 0 Å². The molecular formula is C19H31N3O3. The number of methoxy groups -OCH3 is 1. The lowest BCUT2D eigenvalue weighted by molar-refractivity contribution is -0.0917. The van der Waals surface area contributed by atoms with Gasteiger partial charge in [-0.1, -0.05) is 6.07 Å². The second-order valence-corrected chi connectivity index (χ2v) is 7.34. The quantitative estimate of drug-likeness (QED) is 0.742. The average Bonchev–Trinajstić information content (AvgIpc) is 2.87. The molecule has 25 heavy (non-hydrogen) atoms. The van der Waals surface area contributed by atoms with Crippen LogP contribution >= 0.6 is 0 Å². The zero-order valence-electron chi connectivity index (χ0n) is 15.5. The Hall–Kier alpha value is -1.05. The Kier molecular flexibility index (Phi) is 6.78. The fourth-order valence-electron chi connectivity index (χ4n) is 3.86. The molecule has 0 radical (unpaired) electrons. The number of hydrogen-bond acceptors (Lipinski definition) is 6. The molecule has 0 bridgehead atoms. The van der Waals surface area contributed by atoms with Crippen LogP contribution in [0.15, 0.2) is 24.5 Å². The number of rotatable bonds is 7. The van der Waals surface area contributed by atoms with Gasteiger partial charge in [0.25, 0.3) is 0 Å². The van der Waals surface area contributed by atoms with Gasteiger partial charge in [-0.3, -0.25) is 14.8 Å². The highest BCUT2D eigenvalue weighted by Gasteiger charge is 2.43. The van der Waals surface area contributed by atoms with E-state index in [9.17, 15) is 0 Å². The maximum atomic E-state index is 6.52. The first-order valence-electron chi connectivity index (χ1n) is 9.23. The number of pyridine rings is 1. The van der Waals surface area contributed by atoms with E-state index in [0.717, 1.165) is 58.8 Å². The Morgan fingerprint density at radius 3 is 3.20 bits per heavy atom. The van der Waals surface area contributed by atoms with Crippen LogP contribution in [0.1, 0.15) is 18.4 Å². The van der Waals surface area contributed by atoms with Gasteiger partial charge in [0, 0.05) is 52.2 Å². The molecule has 2 unspecified atom stereocenters. The molecule has 6 heteroatoms. The predicted molar refractivity (Wildman–Crippen MR) is 96.5 cm³/mol. The highest BCUT2D eigenvalue weighted by Crippen LogP contribution is 2.33. The molecule has 3 heterocycles. The van der Waals surface area contributed by atoms with Gasteiger partial charge in [0.05, 0.1) is 25.9 Å². The minimum atomic E-state index is -0.149. The fraction of sp³-hybridized carbons (Fsp3) is 0.737. The Morgan fingerprint density at radius 2 is 2.40 bits per heavy atom. The molecule has 6 nitrogen and oxygen atoms in total. The summed E-state index contributed by atoms with van der Waals surface area (Å²) in [5, 5.41) is 0. The third kappa shape index (κ3) is 5.46. The van der Waals surface area contributed by atoms with Crippen LogP contribution in [0.4, 0.5) is 0 Å². The van der Waals surface area contributed by atoms with Crippen LogP contribution in [0, 0.1) is 0 Å². The summed E-state index contributed by atoms with van der Waals surface area (Å²) in [6.07, 6.45) is 6.18. The first-order chi connectivity index (χ1) is 12.2. The van der Waals surface area contributed by atoms with Gasteiger partial charge >= 0.3 is 0 Å². The molecule has 1 aromatic rings. The van der Waals surface area contributed by atoms with Gasteiger partial charge in [0.1, 0.15) is 5.60 Å². The molecule has 3 rings (SSSR count). The number of hydrogen-bond donors (Lipinski definition) is 0. The number of ether oxygens (including phenoxy) is 3. The molecule has 0 aromatic carbocycles. The fourth-order valence-corrected chi connectivity index (χ4v) is 3.86. The molecule has 2 aliphatic rings. The zero-order valence-corrected chi connectivity index (χ0v) is 15.5. The van der Waals surface area contributed by atoms with E-state index in [1.54, 1.807) is 7.11 Å². The van der Waals surface area contributed by atoms with Crippen LogP contribution in [-0.2, 0) is 20.8 Å². The Bertz CT molecular complexity index is 516. The van der Waals surface area contributed by atoms with Gasteiger partial charge in [0.2, 0.25) is 0 Å². The first kappa shape index (κ1) is 18.7. The van der Waals surface area contributed by atoms with E-state index in [4.69, 9.17) is 14.2 Å². The molecule has 0 aliphatic carbocycles. The van der Waals surface area contributed by atoms with E-state index >= 15 is 0 Å². The first-order valence-corrected chi connectivity index (χ1v) is 9.23. The van der Waals surface area contributed by atoms with Gasteiger partial charge in [-0.25, -0.2) is 0 Å². The van der Waals surface area contributed by atoms with Crippen LogP contribution < -0.4 is 0 Å². The van der Waals surface area contributed by atoms with Crippen molar-refractivity contribution in [2.75, 3.05) is 60.2 Å². The molecule has 1 spiro atoms. The average molecular weight is 349 g/mol. The van der Waals surface area contributed by atoms with Gasteiger partial charge in [0.15, 0.2) is 0 Å². The summed E-state index contributed by atoms with van der Waals surface area (Å²) in [7, 11) is 3.90. The maximum absolute atomic E-state index is 6.52. The predicted octanol–water partition coefficient (Wildman–Crippen LogP) is 1.41. The molecule has 2 atom stereocenters. The highest BCUT2D eigenvalue weighted by molar-refractivity contribution is 5.08.